The monoisotopic (exact) mass is 578 g/mol. The maximum atomic E-state index is 10.9. The smallest absolute Gasteiger partial charge is 0.167 e. The number of nitrogen functional groups attached to an aromatic ring is 1. The Kier molecular flexibility index (Phi) is 7.37. The van der Waals surface area contributed by atoms with Gasteiger partial charge < -0.3 is 30.8 Å². The fraction of sp³-hybridized carbons (Fsp3) is 0.600. The number of anilines is 1. The van der Waals surface area contributed by atoms with Crippen LogP contribution in [0.25, 0.3) is 22.2 Å². The van der Waals surface area contributed by atoms with E-state index in [1.165, 1.54) is 12.7 Å². The molecule has 1 saturated heterocycles. The van der Waals surface area contributed by atoms with E-state index < -0.39 is 24.5 Å². The number of hydrogen-bond acceptors (Lipinski definition) is 10. The molecule has 6 rings (SSSR count). The number of nitrogens with two attached hydrogens (primary N) is 1. The van der Waals surface area contributed by atoms with Crippen LogP contribution in [0, 0.1) is 5.92 Å². The first-order valence-corrected chi connectivity index (χ1v) is 14.8. The number of fused-ring (bicyclic) bond motifs is 2. The van der Waals surface area contributed by atoms with Gasteiger partial charge in [0, 0.05) is 30.6 Å². The predicted molar refractivity (Wildman–Crippen MR) is 159 cm³/mol. The summed E-state index contributed by atoms with van der Waals surface area (Å²) in [5.41, 5.74) is 9.06. The highest BCUT2D eigenvalue weighted by molar-refractivity contribution is 5.83. The predicted octanol–water partition coefficient (Wildman–Crippen LogP) is 3.03. The van der Waals surface area contributed by atoms with E-state index in [-0.39, 0.29) is 23.0 Å². The van der Waals surface area contributed by atoms with Gasteiger partial charge in [0.25, 0.3) is 0 Å². The number of nitrogens with zero attached hydrogens (tertiary/aromatic N) is 6. The molecule has 0 amide bonds. The van der Waals surface area contributed by atoms with Crippen LogP contribution in [0.3, 0.4) is 0 Å². The van der Waals surface area contributed by atoms with Crippen molar-refractivity contribution in [2.75, 3.05) is 12.3 Å². The van der Waals surface area contributed by atoms with Gasteiger partial charge in [-0.2, -0.15) is 0 Å². The molecule has 0 radical (unpaired) electrons. The minimum Gasteiger partial charge on any atom is -0.505 e. The SMILES string of the molecule is CC(C)N(CC1OC(n2cnc3c(N)ncnc32)C(O)C1O)C1CC(CCc2nc3c(O)c(C(C)(C)C)ccc3[nH]2)C1. The van der Waals surface area contributed by atoms with E-state index >= 15 is 0 Å². The lowest BCUT2D eigenvalue weighted by molar-refractivity contribution is -0.0620. The van der Waals surface area contributed by atoms with E-state index in [0.717, 1.165) is 42.6 Å². The third-order valence-electron chi connectivity index (χ3n) is 9.01. The minimum atomic E-state index is -1.13. The van der Waals surface area contributed by atoms with Crippen molar-refractivity contribution in [1.29, 1.82) is 0 Å². The molecule has 2 fully saturated rings. The molecule has 1 aliphatic heterocycles. The molecule has 42 heavy (non-hydrogen) atoms. The van der Waals surface area contributed by atoms with Crippen LogP contribution >= 0.6 is 0 Å². The summed E-state index contributed by atoms with van der Waals surface area (Å²) < 4.78 is 7.84. The number of phenols is 1. The van der Waals surface area contributed by atoms with Gasteiger partial charge in [-0.1, -0.05) is 26.8 Å². The molecule has 1 aromatic carbocycles. The van der Waals surface area contributed by atoms with Crippen LogP contribution in [0.1, 0.15) is 71.5 Å². The maximum absolute atomic E-state index is 10.9. The van der Waals surface area contributed by atoms with Crippen molar-refractivity contribution in [1.82, 2.24) is 34.4 Å². The van der Waals surface area contributed by atoms with Crippen molar-refractivity contribution in [3.8, 4) is 5.75 Å². The van der Waals surface area contributed by atoms with Crippen molar-refractivity contribution < 1.29 is 20.1 Å². The topological polar surface area (TPSA) is 171 Å². The summed E-state index contributed by atoms with van der Waals surface area (Å²) >= 11 is 0. The van der Waals surface area contributed by atoms with Crippen molar-refractivity contribution >= 4 is 28.0 Å². The number of aliphatic hydroxyl groups excluding tert-OH is 2. The quantitative estimate of drug-likeness (QED) is 0.209. The molecule has 12 heteroatoms. The number of aromatic amines is 1. The normalized spacial score (nSPS) is 26.6. The number of benzene rings is 1. The molecule has 226 valence electrons. The number of aliphatic hydroxyl groups is 2. The van der Waals surface area contributed by atoms with Gasteiger partial charge in [0.2, 0.25) is 0 Å². The molecule has 1 saturated carbocycles. The van der Waals surface area contributed by atoms with Gasteiger partial charge in [-0.05, 0) is 50.5 Å². The summed E-state index contributed by atoms with van der Waals surface area (Å²) in [6, 6.07) is 4.61. The van der Waals surface area contributed by atoms with Crippen LogP contribution in [0.5, 0.6) is 5.75 Å². The molecule has 6 N–H and O–H groups in total. The summed E-state index contributed by atoms with van der Waals surface area (Å²) in [5.74, 6) is 1.98. The van der Waals surface area contributed by atoms with Gasteiger partial charge >= 0.3 is 0 Å². The van der Waals surface area contributed by atoms with Crippen LogP contribution < -0.4 is 5.73 Å². The second kappa shape index (κ2) is 10.7. The molecule has 0 bridgehead atoms. The number of aromatic nitrogens is 6. The van der Waals surface area contributed by atoms with Crippen molar-refractivity contribution in [3.63, 3.8) is 0 Å². The highest BCUT2D eigenvalue weighted by Crippen LogP contribution is 2.39. The number of imidazole rings is 2. The Balaban J connectivity index is 1.07. The molecule has 0 spiro atoms. The van der Waals surface area contributed by atoms with Crippen LogP contribution in [-0.2, 0) is 16.6 Å². The van der Waals surface area contributed by atoms with Gasteiger partial charge in [-0.15, -0.1) is 0 Å². The van der Waals surface area contributed by atoms with Gasteiger partial charge in [0.1, 0.15) is 47.2 Å². The Bertz CT molecular complexity index is 1570. The van der Waals surface area contributed by atoms with Gasteiger partial charge in [-0.25, -0.2) is 19.9 Å². The molecule has 4 heterocycles. The number of aromatic hydroxyl groups is 1. The van der Waals surface area contributed by atoms with Crippen molar-refractivity contribution in [2.45, 2.75) is 102 Å². The molecule has 3 aromatic heterocycles. The summed E-state index contributed by atoms with van der Waals surface area (Å²) in [6.45, 7) is 11.1. The van der Waals surface area contributed by atoms with Crippen LogP contribution in [0.15, 0.2) is 24.8 Å². The van der Waals surface area contributed by atoms with Crippen LogP contribution in [0.2, 0.25) is 0 Å². The molecule has 4 atom stereocenters. The Morgan fingerprint density at radius 3 is 2.60 bits per heavy atom. The third kappa shape index (κ3) is 5.10. The Labute approximate surface area is 245 Å². The van der Waals surface area contributed by atoms with E-state index in [9.17, 15) is 15.3 Å². The molecular formula is C30H42N8O4. The van der Waals surface area contributed by atoms with E-state index in [2.05, 4.69) is 59.5 Å². The van der Waals surface area contributed by atoms with E-state index in [0.29, 0.717) is 35.2 Å². The molecule has 4 aromatic rings. The first-order valence-electron chi connectivity index (χ1n) is 14.8. The van der Waals surface area contributed by atoms with Gasteiger partial charge in [-0.3, -0.25) is 9.47 Å². The Hall–Kier alpha value is -3.32. The highest BCUT2D eigenvalue weighted by Gasteiger charge is 2.46. The number of H-pyrrole nitrogens is 1. The average molecular weight is 579 g/mol. The van der Waals surface area contributed by atoms with Gasteiger partial charge in [0.15, 0.2) is 17.7 Å². The zero-order chi connectivity index (χ0) is 29.9. The first kappa shape index (κ1) is 28.8. The second-order valence-corrected chi connectivity index (χ2v) is 13.2. The number of ether oxygens (including phenoxy) is 1. The maximum Gasteiger partial charge on any atom is 0.167 e. The number of rotatable bonds is 8. The number of nitrogens with one attached hydrogen (secondary N) is 1. The largest absolute Gasteiger partial charge is 0.505 e. The standard InChI is InChI=1S/C30H42N8O4/c1-15(2)37(12-20-25(40)26(41)29(42-20)38-14-34-23-27(31)32-13-33-28(23)38)17-10-16(11-17)6-9-21-35-19-8-7-18(30(3,4)5)24(39)22(19)36-21/h7-8,13-17,20,25-26,29,39-41H,6,9-12H2,1-5H3,(H,35,36)(H2,31,32,33). The number of hydrogen-bond donors (Lipinski definition) is 5. The van der Waals surface area contributed by atoms with E-state index in [1.54, 1.807) is 4.57 Å². The summed E-state index contributed by atoms with van der Waals surface area (Å²) in [4.78, 5) is 23.0. The minimum absolute atomic E-state index is 0.156. The summed E-state index contributed by atoms with van der Waals surface area (Å²) in [5, 5.41) is 32.6. The van der Waals surface area contributed by atoms with Crippen LogP contribution in [0.4, 0.5) is 5.82 Å². The van der Waals surface area contributed by atoms with Crippen molar-refractivity contribution in [2.24, 2.45) is 5.92 Å². The molecule has 12 nitrogen and oxygen atoms in total. The molecule has 4 unspecified atom stereocenters. The molecule has 1 aliphatic carbocycles. The molecular weight excluding hydrogens is 536 g/mol. The fourth-order valence-electron chi connectivity index (χ4n) is 6.54. The number of phenolic OH excluding ortho intramolecular Hbond substituents is 1. The summed E-state index contributed by atoms with van der Waals surface area (Å²) in [7, 11) is 0. The lowest BCUT2D eigenvalue weighted by Crippen LogP contribution is -2.52. The highest BCUT2D eigenvalue weighted by atomic mass is 16.6. The Morgan fingerprint density at radius 2 is 1.88 bits per heavy atom. The fourth-order valence-corrected chi connectivity index (χ4v) is 6.54. The lowest BCUT2D eigenvalue weighted by atomic mass is 9.76. The van der Waals surface area contributed by atoms with Gasteiger partial charge in [0.05, 0.1) is 11.8 Å². The zero-order valence-corrected chi connectivity index (χ0v) is 24.9. The third-order valence-corrected chi connectivity index (χ3v) is 9.01. The van der Waals surface area contributed by atoms with Crippen LogP contribution in [-0.4, -0.2) is 86.6 Å². The first-order chi connectivity index (χ1) is 19.9. The lowest BCUT2D eigenvalue weighted by Gasteiger charge is -2.46. The zero-order valence-electron chi connectivity index (χ0n) is 24.9. The van der Waals surface area contributed by atoms with Crippen molar-refractivity contribution in [3.05, 3.63) is 36.2 Å². The average Bonchev–Trinajstić information content (AvgIpc) is 3.59. The summed E-state index contributed by atoms with van der Waals surface area (Å²) in [6.07, 6.45) is 3.23. The molecule has 2 aliphatic rings. The number of aryl methyl sites for hydroxylation is 1. The Morgan fingerprint density at radius 1 is 1.12 bits per heavy atom. The van der Waals surface area contributed by atoms with E-state index in [1.807, 2.05) is 12.1 Å². The second-order valence-electron chi connectivity index (χ2n) is 13.2. The van der Waals surface area contributed by atoms with E-state index in [4.69, 9.17) is 15.5 Å².